The molecule has 104 valence electrons. The Morgan fingerprint density at radius 3 is 2.05 bits per heavy atom. The predicted octanol–water partition coefficient (Wildman–Crippen LogP) is 4.65. The molecule has 0 bridgehead atoms. The van der Waals surface area contributed by atoms with Gasteiger partial charge in [0, 0.05) is 17.7 Å². The lowest BCUT2D eigenvalue weighted by Crippen LogP contribution is -1.88. The van der Waals surface area contributed by atoms with E-state index in [-0.39, 0.29) is 5.69 Å². The number of rotatable bonds is 4. The zero-order valence-corrected chi connectivity index (χ0v) is 10.9. The van der Waals surface area contributed by atoms with Crippen molar-refractivity contribution in [2.45, 2.75) is 0 Å². The van der Waals surface area contributed by atoms with Gasteiger partial charge in [0.15, 0.2) is 0 Å². The van der Waals surface area contributed by atoms with Crippen molar-refractivity contribution >= 4 is 5.69 Å². The van der Waals surface area contributed by atoms with Gasteiger partial charge in [0.2, 0.25) is 0 Å². The zero-order valence-electron chi connectivity index (χ0n) is 10.9. The smallest absolute Gasteiger partial charge is 0.269 e. The normalized spacial score (nSPS) is 10.3. The van der Waals surface area contributed by atoms with Crippen molar-refractivity contribution in [3.05, 3.63) is 77.0 Å². The van der Waals surface area contributed by atoms with Crippen molar-refractivity contribution < 1.29 is 14.1 Å². The Kier molecular flexibility index (Phi) is 3.39. The second-order valence-electron chi connectivity index (χ2n) is 4.35. The molecule has 0 aliphatic carbocycles. The fourth-order valence-corrected chi connectivity index (χ4v) is 1.90. The standard InChI is InChI=1S/C16H11NO4/c18-17(19)13-5-9-15(10-6-13)21-14-7-3-12(4-8-14)16-2-1-11-20-16/h1-11H. The van der Waals surface area contributed by atoms with Crippen LogP contribution in [0, 0.1) is 10.1 Å². The summed E-state index contributed by atoms with van der Waals surface area (Å²) < 4.78 is 10.9. The average molecular weight is 281 g/mol. The Labute approximate surface area is 120 Å². The van der Waals surface area contributed by atoms with Gasteiger partial charge < -0.3 is 9.15 Å². The lowest BCUT2D eigenvalue weighted by atomic mass is 10.2. The maximum absolute atomic E-state index is 10.6. The molecular formula is C16H11NO4. The largest absolute Gasteiger partial charge is 0.464 e. The second kappa shape index (κ2) is 5.50. The topological polar surface area (TPSA) is 65.5 Å². The number of ether oxygens (including phenoxy) is 1. The number of hydrogen-bond donors (Lipinski definition) is 0. The highest BCUT2D eigenvalue weighted by atomic mass is 16.6. The SMILES string of the molecule is O=[N+]([O-])c1ccc(Oc2ccc(-c3ccco3)cc2)cc1. The van der Waals surface area contributed by atoms with E-state index < -0.39 is 4.92 Å². The molecule has 0 atom stereocenters. The number of benzene rings is 2. The summed E-state index contributed by atoms with van der Waals surface area (Å²) in [6.07, 6.45) is 1.62. The minimum atomic E-state index is -0.443. The Balaban J connectivity index is 1.74. The molecule has 1 aromatic heterocycles. The fraction of sp³-hybridized carbons (Fsp3) is 0. The van der Waals surface area contributed by atoms with Crippen LogP contribution in [0.15, 0.2) is 71.3 Å². The van der Waals surface area contributed by atoms with Gasteiger partial charge in [-0.25, -0.2) is 0 Å². The van der Waals surface area contributed by atoms with Crippen LogP contribution in [0.4, 0.5) is 5.69 Å². The monoisotopic (exact) mass is 281 g/mol. The molecule has 0 saturated heterocycles. The van der Waals surface area contributed by atoms with Crippen molar-refractivity contribution in [3.63, 3.8) is 0 Å². The van der Waals surface area contributed by atoms with Gasteiger partial charge in [-0.2, -0.15) is 0 Å². The van der Waals surface area contributed by atoms with Crippen LogP contribution < -0.4 is 4.74 Å². The molecule has 0 aliphatic heterocycles. The van der Waals surface area contributed by atoms with Crippen LogP contribution in [0.1, 0.15) is 0 Å². The highest BCUT2D eigenvalue weighted by Crippen LogP contribution is 2.27. The van der Waals surface area contributed by atoms with Crippen LogP contribution in [-0.4, -0.2) is 4.92 Å². The van der Waals surface area contributed by atoms with E-state index in [1.165, 1.54) is 12.1 Å². The van der Waals surface area contributed by atoms with Gasteiger partial charge >= 0.3 is 0 Å². The molecule has 5 nitrogen and oxygen atoms in total. The Bertz CT molecular complexity index is 731. The molecule has 0 fully saturated rings. The van der Waals surface area contributed by atoms with Crippen LogP contribution >= 0.6 is 0 Å². The highest BCUT2D eigenvalue weighted by molar-refractivity contribution is 5.58. The van der Waals surface area contributed by atoms with Crippen molar-refractivity contribution in [1.29, 1.82) is 0 Å². The fourth-order valence-electron chi connectivity index (χ4n) is 1.90. The lowest BCUT2D eigenvalue weighted by molar-refractivity contribution is -0.384. The molecule has 0 saturated carbocycles. The minimum Gasteiger partial charge on any atom is -0.464 e. The van der Waals surface area contributed by atoms with Gasteiger partial charge in [-0.05, 0) is 48.5 Å². The molecule has 0 N–H and O–H groups in total. The summed E-state index contributed by atoms with van der Waals surface area (Å²) in [7, 11) is 0. The summed E-state index contributed by atoms with van der Waals surface area (Å²) in [6, 6.07) is 17.1. The van der Waals surface area contributed by atoms with Crippen LogP contribution in [-0.2, 0) is 0 Å². The highest BCUT2D eigenvalue weighted by Gasteiger charge is 2.05. The van der Waals surface area contributed by atoms with Crippen molar-refractivity contribution in [1.82, 2.24) is 0 Å². The molecule has 0 unspecified atom stereocenters. The molecule has 2 aromatic carbocycles. The number of furan rings is 1. The third kappa shape index (κ3) is 2.92. The molecule has 3 aromatic rings. The zero-order chi connectivity index (χ0) is 14.7. The number of hydrogen-bond acceptors (Lipinski definition) is 4. The van der Waals surface area contributed by atoms with E-state index in [1.807, 2.05) is 36.4 Å². The number of nitrogens with zero attached hydrogens (tertiary/aromatic N) is 1. The predicted molar refractivity (Wildman–Crippen MR) is 77.3 cm³/mol. The molecule has 1 heterocycles. The van der Waals surface area contributed by atoms with E-state index in [1.54, 1.807) is 18.4 Å². The van der Waals surface area contributed by atoms with Crippen LogP contribution in [0.3, 0.4) is 0 Å². The van der Waals surface area contributed by atoms with Crippen LogP contribution in [0.5, 0.6) is 11.5 Å². The second-order valence-corrected chi connectivity index (χ2v) is 4.35. The van der Waals surface area contributed by atoms with E-state index in [9.17, 15) is 10.1 Å². The maximum Gasteiger partial charge on any atom is 0.269 e. The summed E-state index contributed by atoms with van der Waals surface area (Å²) in [6.45, 7) is 0. The van der Waals surface area contributed by atoms with Crippen molar-refractivity contribution in [2.24, 2.45) is 0 Å². The van der Waals surface area contributed by atoms with Crippen LogP contribution in [0.25, 0.3) is 11.3 Å². The molecule has 21 heavy (non-hydrogen) atoms. The summed E-state index contributed by atoms with van der Waals surface area (Å²) in [4.78, 5) is 10.1. The maximum atomic E-state index is 10.6. The summed E-state index contributed by atoms with van der Waals surface area (Å²) in [5, 5.41) is 10.6. The van der Waals surface area contributed by atoms with E-state index in [2.05, 4.69) is 0 Å². The van der Waals surface area contributed by atoms with E-state index in [0.717, 1.165) is 11.3 Å². The average Bonchev–Trinajstić information content (AvgIpc) is 3.03. The van der Waals surface area contributed by atoms with Gasteiger partial charge in [0.05, 0.1) is 11.2 Å². The van der Waals surface area contributed by atoms with E-state index >= 15 is 0 Å². The Hall–Kier alpha value is -3.08. The van der Waals surface area contributed by atoms with Gasteiger partial charge in [-0.15, -0.1) is 0 Å². The van der Waals surface area contributed by atoms with E-state index in [0.29, 0.717) is 11.5 Å². The molecule has 0 radical (unpaired) electrons. The first kappa shape index (κ1) is 12.9. The Morgan fingerprint density at radius 2 is 1.52 bits per heavy atom. The van der Waals surface area contributed by atoms with Crippen molar-refractivity contribution in [2.75, 3.05) is 0 Å². The Morgan fingerprint density at radius 1 is 0.905 bits per heavy atom. The molecule has 3 rings (SSSR count). The first-order chi connectivity index (χ1) is 10.2. The summed E-state index contributed by atoms with van der Waals surface area (Å²) in [5.41, 5.74) is 0.992. The first-order valence-electron chi connectivity index (χ1n) is 6.28. The number of nitro groups is 1. The third-order valence-corrected chi connectivity index (χ3v) is 2.94. The molecule has 5 heteroatoms. The lowest BCUT2D eigenvalue weighted by Gasteiger charge is -2.06. The number of nitro benzene ring substituents is 1. The number of non-ortho nitro benzene ring substituents is 1. The van der Waals surface area contributed by atoms with E-state index in [4.69, 9.17) is 9.15 Å². The van der Waals surface area contributed by atoms with Gasteiger partial charge in [0.25, 0.3) is 5.69 Å². The first-order valence-corrected chi connectivity index (χ1v) is 6.28. The molecule has 0 aliphatic rings. The molecular weight excluding hydrogens is 270 g/mol. The van der Waals surface area contributed by atoms with Gasteiger partial charge in [-0.3, -0.25) is 10.1 Å². The minimum absolute atomic E-state index is 0.0375. The molecule has 0 spiro atoms. The van der Waals surface area contributed by atoms with Crippen molar-refractivity contribution in [3.8, 4) is 22.8 Å². The summed E-state index contributed by atoms with van der Waals surface area (Å²) in [5.74, 6) is 1.99. The van der Waals surface area contributed by atoms with Gasteiger partial charge in [-0.1, -0.05) is 0 Å². The summed E-state index contributed by atoms with van der Waals surface area (Å²) >= 11 is 0. The third-order valence-electron chi connectivity index (χ3n) is 2.94. The quantitative estimate of drug-likeness (QED) is 0.516. The van der Waals surface area contributed by atoms with Crippen LogP contribution in [0.2, 0.25) is 0 Å². The molecule has 0 amide bonds. The van der Waals surface area contributed by atoms with Gasteiger partial charge in [0.1, 0.15) is 17.3 Å².